The van der Waals surface area contributed by atoms with Gasteiger partial charge in [-0.15, -0.1) is 0 Å². The summed E-state index contributed by atoms with van der Waals surface area (Å²) in [5, 5.41) is 12.5. The average molecular weight is 563 g/mol. The van der Waals surface area contributed by atoms with E-state index in [9.17, 15) is 19.6 Å². The summed E-state index contributed by atoms with van der Waals surface area (Å²) in [5.41, 5.74) is 3.21. The lowest BCUT2D eigenvalue weighted by molar-refractivity contribution is 0.0255. The highest BCUT2D eigenvalue weighted by molar-refractivity contribution is 5.92. The number of aryl methyl sites for hydroxylation is 1. The standard InChI is InChI=1S/C31H38N4O6/c1-31(2,3)41-30(38)35(25-8-5-6-9-25)28(36)33-24(20-32)18-21-10-12-22(13-11-21)23-14-15-27-26(19-23)34(29(37)40-27)16-7-17-39-4/h10-15,19,24-25H,5-9,16-18H2,1-4H3,(H,33,36). The zero-order valence-corrected chi connectivity index (χ0v) is 24.1. The van der Waals surface area contributed by atoms with Gasteiger partial charge in [-0.1, -0.05) is 43.2 Å². The Labute approximate surface area is 239 Å². The van der Waals surface area contributed by atoms with Crippen LogP contribution in [-0.4, -0.2) is 53.0 Å². The van der Waals surface area contributed by atoms with Crippen LogP contribution < -0.4 is 11.1 Å². The van der Waals surface area contributed by atoms with Gasteiger partial charge < -0.3 is 19.2 Å². The number of nitriles is 1. The molecule has 1 aromatic heterocycles. The van der Waals surface area contributed by atoms with Crippen molar-refractivity contribution in [2.75, 3.05) is 13.7 Å². The largest absolute Gasteiger partial charge is 0.443 e. The van der Waals surface area contributed by atoms with Gasteiger partial charge in [0.15, 0.2) is 5.58 Å². The Morgan fingerprint density at radius 2 is 1.83 bits per heavy atom. The minimum absolute atomic E-state index is 0.243. The lowest BCUT2D eigenvalue weighted by Gasteiger charge is -2.30. The van der Waals surface area contributed by atoms with Gasteiger partial charge in [0.2, 0.25) is 0 Å². The van der Waals surface area contributed by atoms with Crippen LogP contribution in [0.25, 0.3) is 22.2 Å². The molecule has 1 heterocycles. The summed E-state index contributed by atoms with van der Waals surface area (Å²) >= 11 is 0. The molecule has 2 aromatic carbocycles. The second-order valence-electron chi connectivity index (χ2n) is 11.4. The first-order valence-electron chi connectivity index (χ1n) is 14.0. The van der Waals surface area contributed by atoms with Crippen molar-refractivity contribution in [3.63, 3.8) is 0 Å². The Bertz CT molecular complexity index is 1450. The summed E-state index contributed by atoms with van der Waals surface area (Å²) in [6.07, 6.45) is 3.58. The highest BCUT2D eigenvalue weighted by atomic mass is 16.6. The van der Waals surface area contributed by atoms with Gasteiger partial charge in [0, 0.05) is 32.7 Å². The molecule has 3 amide bonds. The first-order valence-corrected chi connectivity index (χ1v) is 14.0. The molecular formula is C31H38N4O6. The van der Waals surface area contributed by atoms with E-state index in [2.05, 4.69) is 11.4 Å². The maximum atomic E-state index is 13.2. The van der Waals surface area contributed by atoms with E-state index in [1.807, 2.05) is 36.4 Å². The summed E-state index contributed by atoms with van der Waals surface area (Å²) in [6.45, 7) is 6.31. The van der Waals surface area contributed by atoms with Crippen LogP contribution in [0.4, 0.5) is 9.59 Å². The highest BCUT2D eigenvalue weighted by Crippen LogP contribution is 2.27. The number of benzene rings is 2. The number of methoxy groups -OCH3 is 1. The molecule has 0 saturated heterocycles. The van der Waals surface area contributed by atoms with Crippen molar-refractivity contribution in [3.8, 4) is 17.2 Å². The smallest absolute Gasteiger partial charge is 0.419 e. The Morgan fingerprint density at radius 1 is 1.15 bits per heavy atom. The summed E-state index contributed by atoms with van der Waals surface area (Å²) < 4.78 is 17.6. The maximum absolute atomic E-state index is 13.2. The van der Waals surface area contributed by atoms with Gasteiger partial charge in [0.1, 0.15) is 11.6 Å². The molecule has 4 rings (SSSR count). The molecule has 0 spiro atoms. The third kappa shape index (κ3) is 7.55. The van der Waals surface area contributed by atoms with Gasteiger partial charge in [0.05, 0.1) is 11.6 Å². The lowest BCUT2D eigenvalue weighted by atomic mass is 10.0. The quantitative estimate of drug-likeness (QED) is 0.335. The summed E-state index contributed by atoms with van der Waals surface area (Å²) in [7, 11) is 1.62. The van der Waals surface area contributed by atoms with Gasteiger partial charge in [0.25, 0.3) is 0 Å². The van der Waals surface area contributed by atoms with E-state index in [4.69, 9.17) is 13.9 Å². The molecule has 1 aliphatic carbocycles. The summed E-state index contributed by atoms with van der Waals surface area (Å²) in [4.78, 5) is 39.6. The number of carbonyl (C=O) groups excluding carboxylic acids is 2. The number of hydrogen-bond acceptors (Lipinski definition) is 7. The number of nitrogens with one attached hydrogen (secondary N) is 1. The number of rotatable bonds is 9. The van der Waals surface area contributed by atoms with E-state index in [-0.39, 0.29) is 12.5 Å². The number of fused-ring (bicyclic) bond motifs is 1. The minimum atomic E-state index is -0.830. The molecule has 0 radical (unpaired) electrons. The van der Waals surface area contributed by atoms with Crippen LogP contribution in [0.5, 0.6) is 0 Å². The van der Waals surface area contributed by atoms with Crippen LogP contribution >= 0.6 is 0 Å². The number of hydrogen-bond donors (Lipinski definition) is 1. The van der Waals surface area contributed by atoms with Gasteiger partial charge in [-0.25, -0.2) is 19.3 Å². The van der Waals surface area contributed by atoms with Crippen LogP contribution in [0.1, 0.15) is 58.4 Å². The average Bonchev–Trinajstić information content (AvgIpc) is 3.55. The topological polar surface area (TPSA) is 127 Å². The monoisotopic (exact) mass is 562 g/mol. The molecule has 10 nitrogen and oxygen atoms in total. The molecule has 41 heavy (non-hydrogen) atoms. The number of carbonyl (C=O) groups is 2. The number of ether oxygens (including phenoxy) is 2. The van der Waals surface area contributed by atoms with E-state index in [0.29, 0.717) is 25.2 Å². The summed E-state index contributed by atoms with van der Waals surface area (Å²) in [6, 6.07) is 13.7. The number of nitrogens with zero attached hydrogens (tertiary/aromatic N) is 3. The molecule has 1 saturated carbocycles. The molecular weight excluding hydrogens is 524 g/mol. The predicted molar refractivity (Wildman–Crippen MR) is 154 cm³/mol. The molecule has 1 atom stereocenters. The fourth-order valence-corrected chi connectivity index (χ4v) is 5.11. The van der Waals surface area contributed by atoms with Gasteiger partial charge >= 0.3 is 17.9 Å². The van der Waals surface area contributed by atoms with Gasteiger partial charge in [-0.2, -0.15) is 5.26 Å². The van der Waals surface area contributed by atoms with E-state index in [0.717, 1.165) is 52.8 Å². The SMILES string of the molecule is COCCCn1c(=O)oc2ccc(-c3ccc(CC(C#N)NC(=O)N(C(=O)OC(C)(C)C)C4CCCC4)cc3)cc21. The number of aromatic nitrogens is 1. The van der Waals surface area contributed by atoms with Crippen LogP contribution in [0.15, 0.2) is 51.7 Å². The van der Waals surface area contributed by atoms with Gasteiger partial charge in [-0.05, 0) is 68.9 Å². The highest BCUT2D eigenvalue weighted by Gasteiger charge is 2.36. The second kappa shape index (κ2) is 13.0. The number of oxazole rings is 1. The molecule has 10 heteroatoms. The Balaban J connectivity index is 1.46. The van der Waals surface area contributed by atoms with Crippen molar-refractivity contribution < 1.29 is 23.5 Å². The van der Waals surface area contributed by atoms with Crippen LogP contribution in [0, 0.1) is 11.3 Å². The fraction of sp³-hybridized carbons (Fsp3) is 0.484. The van der Waals surface area contributed by atoms with Crippen molar-refractivity contribution in [2.45, 2.75) is 83.5 Å². The van der Waals surface area contributed by atoms with Crippen LogP contribution in [0.2, 0.25) is 0 Å². The third-order valence-electron chi connectivity index (χ3n) is 7.08. The van der Waals surface area contributed by atoms with Crippen molar-refractivity contribution in [3.05, 3.63) is 58.6 Å². The Hall–Kier alpha value is -4.10. The van der Waals surface area contributed by atoms with E-state index < -0.39 is 29.5 Å². The molecule has 218 valence electrons. The molecule has 1 N–H and O–H groups in total. The zero-order valence-electron chi connectivity index (χ0n) is 24.1. The normalized spacial score (nSPS) is 14.5. The molecule has 1 aliphatic rings. The third-order valence-corrected chi connectivity index (χ3v) is 7.08. The number of urea groups is 1. The van der Waals surface area contributed by atoms with Crippen molar-refractivity contribution >= 4 is 23.2 Å². The Morgan fingerprint density at radius 3 is 2.46 bits per heavy atom. The zero-order chi connectivity index (χ0) is 29.6. The van der Waals surface area contributed by atoms with Crippen molar-refractivity contribution in [2.24, 2.45) is 0 Å². The maximum Gasteiger partial charge on any atom is 0.419 e. The van der Waals surface area contributed by atoms with Crippen molar-refractivity contribution in [1.82, 2.24) is 14.8 Å². The number of imide groups is 1. The molecule has 1 unspecified atom stereocenters. The van der Waals surface area contributed by atoms with Crippen LogP contribution in [0.3, 0.4) is 0 Å². The Kier molecular flexibility index (Phi) is 9.50. The number of amides is 3. The van der Waals surface area contributed by atoms with Gasteiger partial charge in [-0.3, -0.25) is 4.57 Å². The molecule has 0 bridgehead atoms. The molecule has 3 aromatic rings. The van der Waals surface area contributed by atoms with E-state index >= 15 is 0 Å². The lowest BCUT2D eigenvalue weighted by Crippen LogP contribution is -2.52. The first-order chi connectivity index (χ1) is 19.6. The molecule has 1 fully saturated rings. The molecule has 0 aliphatic heterocycles. The summed E-state index contributed by atoms with van der Waals surface area (Å²) in [5.74, 6) is -0.397. The van der Waals surface area contributed by atoms with E-state index in [1.165, 1.54) is 0 Å². The minimum Gasteiger partial charge on any atom is -0.443 e. The van der Waals surface area contributed by atoms with E-state index in [1.54, 1.807) is 38.5 Å². The second-order valence-corrected chi connectivity index (χ2v) is 11.4. The predicted octanol–water partition coefficient (Wildman–Crippen LogP) is 5.62. The fourth-order valence-electron chi connectivity index (χ4n) is 5.11. The van der Waals surface area contributed by atoms with Crippen LogP contribution in [-0.2, 0) is 22.4 Å². The van der Waals surface area contributed by atoms with Crippen molar-refractivity contribution in [1.29, 1.82) is 5.26 Å². The first kappa shape index (κ1) is 29.9.